The maximum Gasteiger partial charge on any atom is 0.256 e. The van der Waals surface area contributed by atoms with Crippen molar-refractivity contribution in [3.63, 3.8) is 0 Å². The Labute approximate surface area is 172 Å². The molecule has 0 unspecified atom stereocenters. The van der Waals surface area contributed by atoms with Gasteiger partial charge in [-0.2, -0.15) is 5.10 Å². The summed E-state index contributed by atoms with van der Waals surface area (Å²) in [7, 11) is 0. The number of benzene rings is 2. The fourth-order valence-electron chi connectivity index (χ4n) is 3.32. The van der Waals surface area contributed by atoms with Crippen LogP contribution in [0.4, 0.5) is 10.1 Å². The number of nitrogens with one attached hydrogen (secondary N) is 1. The molecule has 146 valence electrons. The number of aromatic nitrogens is 3. The van der Waals surface area contributed by atoms with Crippen LogP contribution in [0.1, 0.15) is 27.3 Å². The highest BCUT2D eigenvalue weighted by molar-refractivity contribution is 6.31. The van der Waals surface area contributed by atoms with Gasteiger partial charge in [0, 0.05) is 16.4 Å². The van der Waals surface area contributed by atoms with Gasteiger partial charge in [-0.15, -0.1) is 0 Å². The van der Waals surface area contributed by atoms with E-state index >= 15 is 0 Å². The van der Waals surface area contributed by atoms with Crippen LogP contribution in [-0.4, -0.2) is 20.7 Å². The highest BCUT2D eigenvalue weighted by Crippen LogP contribution is 2.29. The first-order valence-corrected chi connectivity index (χ1v) is 9.42. The molecule has 1 amide bonds. The molecule has 2 aromatic carbocycles. The van der Waals surface area contributed by atoms with Crippen LogP contribution in [0.2, 0.25) is 5.02 Å². The smallest absolute Gasteiger partial charge is 0.256 e. The molecule has 0 aliphatic carbocycles. The summed E-state index contributed by atoms with van der Waals surface area (Å²) < 4.78 is 14.9. The van der Waals surface area contributed by atoms with Crippen LogP contribution in [0.25, 0.3) is 16.7 Å². The fourth-order valence-corrected chi connectivity index (χ4v) is 3.49. The third kappa shape index (κ3) is 3.47. The summed E-state index contributed by atoms with van der Waals surface area (Å²) >= 11 is 6.28. The van der Waals surface area contributed by atoms with Gasteiger partial charge >= 0.3 is 0 Å². The third-order valence-electron chi connectivity index (χ3n) is 4.75. The Morgan fingerprint density at radius 3 is 2.55 bits per heavy atom. The number of rotatable bonds is 3. The standard InChI is InChI=1S/C22H18ClFN4O/c1-12-11-17(22(29)26-16-9-7-15(24)8-10-16)20-14(3)27-28(21(20)25-12)19-6-4-5-18(23)13(19)2/h4-11H,1-3H3,(H,26,29). The number of fused-ring (bicyclic) bond motifs is 1. The first-order valence-electron chi connectivity index (χ1n) is 9.04. The summed E-state index contributed by atoms with van der Waals surface area (Å²) in [4.78, 5) is 17.6. The Bertz CT molecular complexity index is 1250. The van der Waals surface area contributed by atoms with E-state index in [0.717, 1.165) is 11.3 Å². The number of anilines is 1. The zero-order chi connectivity index (χ0) is 20.7. The number of aryl methyl sites for hydroxylation is 2. The van der Waals surface area contributed by atoms with Gasteiger partial charge in [0.2, 0.25) is 0 Å². The highest BCUT2D eigenvalue weighted by atomic mass is 35.5. The van der Waals surface area contributed by atoms with Gasteiger partial charge in [0.05, 0.1) is 22.3 Å². The molecule has 0 fully saturated rings. The second-order valence-electron chi connectivity index (χ2n) is 6.85. The summed E-state index contributed by atoms with van der Waals surface area (Å²) in [6.45, 7) is 5.58. The fraction of sp³-hybridized carbons (Fsp3) is 0.136. The lowest BCUT2D eigenvalue weighted by molar-refractivity contribution is 0.102. The number of amides is 1. The van der Waals surface area contributed by atoms with Crippen LogP contribution >= 0.6 is 11.6 Å². The maximum atomic E-state index is 13.1. The van der Waals surface area contributed by atoms with Crippen LogP contribution in [0.5, 0.6) is 0 Å². The second kappa shape index (κ2) is 7.29. The zero-order valence-electron chi connectivity index (χ0n) is 16.1. The summed E-state index contributed by atoms with van der Waals surface area (Å²) in [6.07, 6.45) is 0. The molecular formula is C22H18ClFN4O. The summed E-state index contributed by atoms with van der Waals surface area (Å²) in [5.74, 6) is -0.670. The molecule has 0 aliphatic heterocycles. The van der Waals surface area contributed by atoms with Crippen LogP contribution in [0.15, 0.2) is 48.5 Å². The molecule has 2 heterocycles. The quantitative estimate of drug-likeness (QED) is 0.494. The SMILES string of the molecule is Cc1cc(C(=O)Nc2ccc(F)cc2)c2c(C)nn(-c3cccc(Cl)c3C)c2n1. The lowest BCUT2D eigenvalue weighted by atomic mass is 10.1. The molecule has 0 saturated heterocycles. The Morgan fingerprint density at radius 2 is 1.83 bits per heavy atom. The molecule has 7 heteroatoms. The number of carbonyl (C=O) groups excluding carboxylic acids is 1. The number of hydrogen-bond acceptors (Lipinski definition) is 3. The van der Waals surface area contributed by atoms with E-state index in [1.165, 1.54) is 24.3 Å². The van der Waals surface area contributed by atoms with Gasteiger partial charge in [-0.25, -0.2) is 14.1 Å². The molecule has 0 saturated carbocycles. The Morgan fingerprint density at radius 1 is 1.10 bits per heavy atom. The predicted octanol–water partition coefficient (Wildman–Crippen LogP) is 5.39. The molecule has 1 N–H and O–H groups in total. The van der Waals surface area contributed by atoms with E-state index in [2.05, 4.69) is 15.4 Å². The number of halogens is 2. The normalized spacial score (nSPS) is 11.1. The topological polar surface area (TPSA) is 59.8 Å². The molecule has 0 radical (unpaired) electrons. The minimum absolute atomic E-state index is 0.308. The maximum absolute atomic E-state index is 13.1. The number of hydrogen-bond donors (Lipinski definition) is 1. The first kappa shape index (κ1) is 19.1. The largest absolute Gasteiger partial charge is 0.322 e. The molecular weight excluding hydrogens is 391 g/mol. The highest BCUT2D eigenvalue weighted by Gasteiger charge is 2.20. The average Bonchev–Trinajstić information content (AvgIpc) is 3.01. The lowest BCUT2D eigenvalue weighted by Gasteiger charge is -2.10. The van der Waals surface area contributed by atoms with Crippen molar-refractivity contribution in [3.8, 4) is 5.69 Å². The Hall–Kier alpha value is -3.25. The second-order valence-corrected chi connectivity index (χ2v) is 7.26. The molecule has 0 atom stereocenters. The van der Waals surface area contributed by atoms with Crippen molar-refractivity contribution < 1.29 is 9.18 Å². The molecule has 0 spiro atoms. The van der Waals surface area contributed by atoms with Crippen molar-refractivity contribution in [2.75, 3.05) is 5.32 Å². The van der Waals surface area contributed by atoms with Gasteiger partial charge in [0.15, 0.2) is 5.65 Å². The number of nitrogens with zero attached hydrogens (tertiary/aromatic N) is 3. The Balaban J connectivity index is 1.86. The molecule has 0 aliphatic rings. The third-order valence-corrected chi connectivity index (χ3v) is 5.16. The van der Waals surface area contributed by atoms with Crippen LogP contribution < -0.4 is 5.32 Å². The van der Waals surface area contributed by atoms with Gasteiger partial charge in [0.1, 0.15) is 5.82 Å². The van der Waals surface area contributed by atoms with Crippen LogP contribution in [0.3, 0.4) is 0 Å². The Kier molecular flexibility index (Phi) is 4.80. The lowest BCUT2D eigenvalue weighted by Crippen LogP contribution is -2.13. The van der Waals surface area contributed by atoms with Crippen molar-refractivity contribution >= 4 is 34.2 Å². The molecule has 5 nitrogen and oxygen atoms in total. The van der Waals surface area contributed by atoms with Crippen molar-refractivity contribution in [3.05, 3.63) is 81.9 Å². The van der Waals surface area contributed by atoms with Crippen LogP contribution in [0, 0.1) is 26.6 Å². The van der Waals surface area contributed by atoms with Crippen molar-refractivity contribution in [1.82, 2.24) is 14.8 Å². The average molecular weight is 409 g/mol. The van der Waals surface area contributed by atoms with Crippen molar-refractivity contribution in [2.24, 2.45) is 0 Å². The van der Waals surface area contributed by atoms with E-state index in [1.807, 2.05) is 39.0 Å². The van der Waals surface area contributed by atoms with E-state index in [9.17, 15) is 9.18 Å². The van der Waals surface area contributed by atoms with E-state index in [1.54, 1.807) is 10.7 Å². The molecule has 29 heavy (non-hydrogen) atoms. The minimum Gasteiger partial charge on any atom is -0.322 e. The van der Waals surface area contributed by atoms with E-state index in [0.29, 0.717) is 38.7 Å². The summed E-state index contributed by atoms with van der Waals surface area (Å²) in [5.41, 5.74) is 4.59. The van der Waals surface area contributed by atoms with Crippen molar-refractivity contribution in [2.45, 2.75) is 20.8 Å². The first-order chi connectivity index (χ1) is 13.8. The molecule has 0 bridgehead atoms. The van der Waals surface area contributed by atoms with E-state index < -0.39 is 0 Å². The minimum atomic E-state index is -0.362. The van der Waals surface area contributed by atoms with Gasteiger partial charge in [-0.1, -0.05) is 17.7 Å². The number of pyridine rings is 1. The van der Waals surface area contributed by atoms with Gasteiger partial charge in [-0.3, -0.25) is 4.79 Å². The van der Waals surface area contributed by atoms with E-state index in [-0.39, 0.29) is 11.7 Å². The van der Waals surface area contributed by atoms with Crippen LogP contribution in [-0.2, 0) is 0 Å². The van der Waals surface area contributed by atoms with Crippen molar-refractivity contribution in [1.29, 1.82) is 0 Å². The van der Waals surface area contributed by atoms with Gasteiger partial charge in [0.25, 0.3) is 5.91 Å². The summed E-state index contributed by atoms with van der Waals surface area (Å²) in [6, 6.07) is 12.9. The molecule has 4 aromatic rings. The molecule has 4 rings (SSSR count). The molecule has 2 aromatic heterocycles. The number of carbonyl (C=O) groups is 1. The van der Waals surface area contributed by atoms with Gasteiger partial charge < -0.3 is 5.32 Å². The van der Waals surface area contributed by atoms with E-state index in [4.69, 9.17) is 11.6 Å². The van der Waals surface area contributed by atoms with Gasteiger partial charge in [-0.05, 0) is 68.8 Å². The predicted molar refractivity (Wildman–Crippen MR) is 112 cm³/mol. The summed E-state index contributed by atoms with van der Waals surface area (Å²) in [5, 5.41) is 8.73. The zero-order valence-corrected chi connectivity index (χ0v) is 16.9. The monoisotopic (exact) mass is 408 g/mol.